The minimum Gasteiger partial charge on any atom is -0.395 e. The first kappa shape index (κ1) is 25.2. The van der Waals surface area contributed by atoms with Gasteiger partial charge in [-0.15, -0.1) is 0 Å². The first-order valence-corrected chi connectivity index (χ1v) is 12.0. The number of hydrogen-bond acceptors (Lipinski definition) is 8. The van der Waals surface area contributed by atoms with Crippen LogP contribution in [0.1, 0.15) is 50.2 Å². The van der Waals surface area contributed by atoms with E-state index in [-0.39, 0.29) is 35.5 Å². The molecule has 2 atom stereocenters. The highest BCUT2D eigenvalue weighted by molar-refractivity contribution is 7.09. The van der Waals surface area contributed by atoms with Crippen molar-refractivity contribution in [1.82, 2.24) is 19.6 Å². The molecular weight excluding hydrogens is 487 g/mol. The molecule has 5 N–H and O–H groups in total. The van der Waals surface area contributed by atoms with Crippen molar-refractivity contribution < 1.29 is 23.5 Å². The maximum Gasteiger partial charge on any atom is 0.270 e. The third-order valence-electron chi connectivity index (χ3n) is 5.79. The molecule has 0 unspecified atom stereocenters. The Morgan fingerprint density at radius 1 is 1.19 bits per heavy atom. The first-order chi connectivity index (χ1) is 17.3. The summed E-state index contributed by atoms with van der Waals surface area (Å²) in [6.45, 7) is 0.868. The van der Waals surface area contributed by atoms with Crippen LogP contribution in [0.2, 0.25) is 0 Å². The fraction of sp³-hybridized carbons (Fsp3) is 0.292. The van der Waals surface area contributed by atoms with Crippen LogP contribution in [-0.4, -0.2) is 51.2 Å². The molecule has 188 valence electrons. The second-order valence-electron chi connectivity index (χ2n) is 8.26. The maximum absolute atomic E-state index is 13.8. The van der Waals surface area contributed by atoms with Crippen molar-refractivity contribution >= 4 is 34.9 Å². The molecule has 10 nitrogen and oxygen atoms in total. The molecule has 1 aliphatic rings. The average molecular weight is 513 g/mol. The summed E-state index contributed by atoms with van der Waals surface area (Å²) in [5, 5.41) is 2.89. The van der Waals surface area contributed by atoms with Gasteiger partial charge in [-0.05, 0) is 59.8 Å². The van der Waals surface area contributed by atoms with Gasteiger partial charge in [-0.1, -0.05) is 12.1 Å². The number of nitrogens with zero attached hydrogens (tertiary/aromatic N) is 3. The molecule has 4 rings (SSSR count). The molecule has 0 saturated carbocycles. The number of nitrogens with two attached hydrogens (primary N) is 2. The zero-order chi connectivity index (χ0) is 25.7. The summed E-state index contributed by atoms with van der Waals surface area (Å²) >= 11 is 0.721. The molecule has 0 radical (unpaired) electrons. The van der Waals surface area contributed by atoms with Gasteiger partial charge in [-0.25, -0.2) is 4.39 Å². The fourth-order valence-corrected chi connectivity index (χ4v) is 4.72. The molecule has 36 heavy (non-hydrogen) atoms. The summed E-state index contributed by atoms with van der Waals surface area (Å²) in [5.74, 6) is -2.37. The van der Waals surface area contributed by atoms with E-state index in [9.17, 15) is 18.8 Å². The van der Waals surface area contributed by atoms with Crippen molar-refractivity contribution in [1.29, 1.82) is 0 Å². The van der Waals surface area contributed by atoms with E-state index in [1.165, 1.54) is 41.6 Å². The van der Waals surface area contributed by atoms with Crippen LogP contribution in [0.15, 0.2) is 48.8 Å². The number of nitrogen functional groups attached to an aromatic ring is 1. The van der Waals surface area contributed by atoms with Crippen molar-refractivity contribution in [3.8, 4) is 0 Å². The van der Waals surface area contributed by atoms with Crippen LogP contribution in [0.3, 0.4) is 0 Å². The summed E-state index contributed by atoms with van der Waals surface area (Å²) in [6, 6.07) is 7.75. The van der Waals surface area contributed by atoms with Gasteiger partial charge in [0.05, 0.1) is 11.8 Å². The Hall–Kier alpha value is -3.90. The van der Waals surface area contributed by atoms with Crippen molar-refractivity contribution in [2.45, 2.75) is 31.5 Å². The van der Waals surface area contributed by atoms with E-state index in [1.54, 1.807) is 12.1 Å². The SMILES string of the molecule is NC(=O)c1nsc(C(=O)N(Cc2ccc(F)cc2)[C@H](C(=O)NC[C@@H]2CCCO2)c2ccncc2)c1N. The lowest BCUT2D eigenvalue weighted by Crippen LogP contribution is -2.45. The number of carbonyl (C=O) groups is 3. The molecule has 12 heteroatoms. The standard InChI is InChI=1S/C24H25FN6O4S/c25-16-5-3-14(4-6-16)13-31(24(34)21-18(26)19(22(27)32)30-36-21)20(15-7-9-28-10-8-15)23(33)29-12-17-2-1-11-35-17/h3-10,17,20H,1-2,11-13,26H2,(H2,27,32)(H,29,33)/t17-,20-/m0/s1. The van der Waals surface area contributed by atoms with E-state index in [2.05, 4.69) is 14.7 Å². The van der Waals surface area contributed by atoms with Gasteiger partial charge in [-0.2, -0.15) is 4.37 Å². The largest absolute Gasteiger partial charge is 0.395 e. The predicted molar refractivity (Wildman–Crippen MR) is 130 cm³/mol. The number of amides is 3. The number of carbonyl (C=O) groups excluding carboxylic acids is 3. The van der Waals surface area contributed by atoms with Crippen LogP contribution in [0, 0.1) is 5.82 Å². The highest BCUT2D eigenvalue weighted by Crippen LogP contribution is 2.30. The number of halogens is 1. The Morgan fingerprint density at radius 3 is 2.53 bits per heavy atom. The lowest BCUT2D eigenvalue weighted by atomic mass is 10.0. The van der Waals surface area contributed by atoms with Gasteiger partial charge < -0.3 is 26.4 Å². The van der Waals surface area contributed by atoms with Gasteiger partial charge in [0.1, 0.15) is 16.7 Å². The Bertz CT molecular complexity index is 1230. The van der Waals surface area contributed by atoms with E-state index in [0.29, 0.717) is 17.7 Å². The number of anilines is 1. The molecule has 3 amide bonds. The third-order valence-corrected chi connectivity index (χ3v) is 6.64. The summed E-state index contributed by atoms with van der Waals surface area (Å²) in [5.41, 5.74) is 12.1. The molecular formula is C24H25FN6O4S. The number of nitrogens with one attached hydrogen (secondary N) is 1. The van der Waals surface area contributed by atoms with Gasteiger partial charge in [0.2, 0.25) is 5.91 Å². The number of hydrogen-bond donors (Lipinski definition) is 3. The zero-order valence-corrected chi connectivity index (χ0v) is 20.0. The minimum absolute atomic E-state index is 0.0307. The Labute approximate surface area is 210 Å². The number of benzene rings is 1. The monoisotopic (exact) mass is 512 g/mol. The minimum atomic E-state index is -1.09. The number of aromatic nitrogens is 2. The zero-order valence-electron chi connectivity index (χ0n) is 19.2. The summed E-state index contributed by atoms with van der Waals surface area (Å²) in [7, 11) is 0. The molecule has 1 aromatic carbocycles. The average Bonchev–Trinajstić information content (AvgIpc) is 3.53. The van der Waals surface area contributed by atoms with E-state index in [4.69, 9.17) is 16.2 Å². The molecule has 1 saturated heterocycles. The summed E-state index contributed by atoms with van der Waals surface area (Å²) in [6.07, 6.45) is 4.66. The van der Waals surface area contributed by atoms with E-state index in [0.717, 1.165) is 24.4 Å². The van der Waals surface area contributed by atoms with E-state index in [1.807, 2.05) is 0 Å². The van der Waals surface area contributed by atoms with Gasteiger partial charge in [0.25, 0.3) is 11.8 Å². The molecule has 0 aliphatic carbocycles. The quantitative estimate of drug-likeness (QED) is 0.396. The predicted octanol–water partition coefficient (Wildman–Crippen LogP) is 2.04. The Morgan fingerprint density at radius 2 is 1.92 bits per heavy atom. The van der Waals surface area contributed by atoms with Crippen LogP contribution in [0.4, 0.5) is 10.1 Å². The normalized spacial score (nSPS) is 15.9. The highest BCUT2D eigenvalue weighted by Gasteiger charge is 2.35. The third kappa shape index (κ3) is 5.66. The van der Waals surface area contributed by atoms with Crippen molar-refractivity contribution in [2.75, 3.05) is 18.9 Å². The summed E-state index contributed by atoms with van der Waals surface area (Å²) < 4.78 is 23.1. The molecule has 2 aromatic heterocycles. The summed E-state index contributed by atoms with van der Waals surface area (Å²) in [4.78, 5) is 44.3. The van der Waals surface area contributed by atoms with Crippen molar-refractivity contribution in [2.24, 2.45) is 5.73 Å². The number of ether oxygens (including phenoxy) is 1. The first-order valence-electron chi connectivity index (χ1n) is 11.2. The van der Waals surface area contributed by atoms with Gasteiger partial charge in [-0.3, -0.25) is 19.4 Å². The van der Waals surface area contributed by atoms with E-state index >= 15 is 0 Å². The van der Waals surface area contributed by atoms with Gasteiger partial charge in [0, 0.05) is 32.1 Å². The lowest BCUT2D eigenvalue weighted by Gasteiger charge is -2.31. The van der Waals surface area contributed by atoms with Crippen LogP contribution >= 0.6 is 11.5 Å². The maximum atomic E-state index is 13.8. The smallest absolute Gasteiger partial charge is 0.270 e. The van der Waals surface area contributed by atoms with Crippen molar-refractivity contribution in [3.63, 3.8) is 0 Å². The van der Waals surface area contributed by atoms with Crippen LogP contribution < -0.4 is 16.8 Å². The molecule has 3 aromatic rings. The van der Waals surface area contributed by atoms with E-state index < -0.39 is 29.6 Å². The second-order valence-corrected chi connectivity index (χ2v) is 9.03. The Kier molecular flexibility index (Phi) is 7.86. The van der Waals surface area contributed by atoms with Crippen LogP contribution in [0.25, 0.3) is 0 Å². The molecule has 1 fully saturated rings. The van der Waals surface area contributed by atoms with Crippen LogP contribution in [-0.2, 0) is 16.1 Å². The topological polar surface area (TPSA) is 154 Å². The van der Waals surface area contributed by atoms with Crippen molar-refractivity contribution in [3.05, 3.63) is 76.3 Å². The number of rotatable bonds is 9. The van der Waals surface area contributed by atoms with Gasteiger partial charge in [0.15, 0.2) is 5.69 Å². The molecule has 0 bridgehead atoms. The van der Waals surface area contributed by atoms with Crippen LogP contribution in [0.5, 0.6) is 0 Å². The molecule has 1 aliphatic heterocycles. The molecule has 3 heterocycles. The highest BCUT2D eigenvalue weighted by atomic mass is 32.1. The molecule has 0 spiro atoms. The fourth-order valence-electron chi connectivity index (χ4n) is 3.96. The second kappa shape index (κ2) is 11.2. The van der Waals surface area contributed by atoms with Gasteiger partial charge >= 0.3 is 0 Å². The lowest BCUT2D eigenvalue weighted by molar-refractivity contribution is -0.126. The number of primary amides is 1. The Balaban J connectivity index is 1.73. The number of pyridine rings is 1.